The van der Waals surface area contributed by atoms with E-state index >= 15 is 0 Å². The molecule has 148 valence electrons. The number of ether oxygens (including phenoxy) is 2. The first kappa shape index (κ1) is 20.2. The van der Waals surface area contributed by atoms with Crippen molar-refractivity contribution in [2.24, 2.45) is 0 Å². The van der Waals surface area contributed by atoms with Crippen molar-refractivity contribution < 1.29 is 56.7 Å². The predicted octanol–water partition coefficient (Wildman–Crippen LogP) is -1.03. The number of rotatable bonds is 6. The van der Waals surface area contributed by atoms with Crippen LogP contribution in [0.1, 0.15) is 25.7 Å². The number of carbonyl (C=O) groups is 6. The Balaban J connectivity index is 1.92. The van der Waals surface area contributed by atoms with Crippen LogP contribution in [0.3, 0.4) is 0 Å². The number of hydrogen-bond acceptors (Lipinski definition) is 11. The molecule has 1 atom stereocenters. The highest BCUT2D eigenvalue weighted by Crippen LogP contribution is 2.15. The molecule has 0 aliphatic carbocycles. The molecule has 0 bridgehead atoms. The molecule has 4 amide bonds. The van der Waals surface area contributed by atoms with Crippen LogP contribution in [-0.4, -0.2) is 66.9 Å². The van der Waals surface area contributed by atoms with Crippen molar-refractivity contribution in [2.75, 3.05) is 5.75 Å². The third-order valence-corrected chi connectivity index (χ3v) is 3.63. The van der Waals surface area contributed by atoms with E-state index in [0.717, 1.165) is 0 Å². The van der Waals surface area contributed by atoms with E-state index in [0.29, 0.717) is 0 Å². The van der Waals surface area contributed by atoms with Gasteiger partial charge in [0.15, 0.2) is 11.1 Å². The largest absolute Gasteiger partial charge is 0.537 e. The zero-order chi connectivity index (χ0) is 20.1. The van der Waals surface area contributed by atoms with E-state index in [-0.39, 0.29) is 35.8 Å². The maximum absolute atomic E-state index is 11.6. The zero-order valence-electron chi connectivity index (χ0n) is 13.4. The molecule has 2 saturated heterocycles. The molecular weight excluding hydrogens is 396 g/mol. The lowest BCUT2D eigenvalue weighted by molar-refractivity contribution is -0.192. The maximum Gasteiger partial charge on any atom is 0.537 e. The van der Waals surface area contributed by atoms with Crippen LogP contribution >= 0.6 is 0 Å². The van der Waals surface area contributed by atoms with Crippen molar-refractivity contribution in [3.63, 3.8) is 0 Å². The molecule has 0 aromatic carbocycles. The summed E-state index contributed by atoms with van der Waals surface area (Å²) in [6.07, 6.45) is -6.15. The van der Waals surface area contributed by atoms with E-state index in [2.05, 4.69) is 19.1 Å². The van der Waals surface area contributed by atoms with E-state index in [9.17, 15) is 33.0 Å². The molecule has 2 rings (SSSR count). The Morgan fingerprint density at radius 1 is 0.852 bits per heavy atom. The van der Waals surface area contributed by atoms with Crippen molar-refractivity contribution in [3.8, 4) is 0 Å². The Morgan fingerprint density at radius 2 is 1.19 bits per heavy atom. The van der Waals surface area contributed by atoms with E-state index in [1.165, 1.54) is 0 Å². The normalized spacial score (nSPS) is 18.1. The molecule has 27 heavy (non-hydrogen) atoms. The van der Waals surface area contributed by atoms with Gasteiger partial charge in [0.1, 0.15) is 5.75 Å². The highest BCUT2D eigenvalue weighted by molar-refractivity contribution is 7.79. The summed E-state index contributed by atoms with van der Waals surface area (Å²) in [6, 6.07) is 0. The number of imide groups is 2. The number of hydrogen-bond donors (Lipinski definition) is 1. The lowest BCUT2D eigenvalue weighted by atomic mass is 10.4. The molecule has 0 aromatic rings. The van der Waals surface area contributed by atoms with Gasteiger partial charge in [0.25, 0.3) is 29.9 Å². The first-order chi connectivity index (χ1) is 12.7. The van der Waals surface area contributed by atoms with Gasteiger partial charge in [-0.15, -0.1) is 0 Å². The lowest BCUT2D eigenvalue weighted by Gasteiger charge is -2.19. The Kier molecular flexibility index (Phi) is 6.40. The van der Waals surface area contributed by atoms with Crippen LogP contribution < -0.4 is 0 Å². The molecule has 15 heteroatoms. The standard InChI is InChI=1S/C12H12N2O12S/c15-6-1-2-7(16)13(6)25-11(19)23-10(5-27(21)22)24-12(20)26-14-8(17)3-4-9(14)18/h10H,1-5H2,(H,21,22). The van der Waals surface area contributed by atoms with E-state index in [4.69, 9.17) is 4.55 Å². The smallest absolute Gasteiger partial charge is 0.391 e. The average molecular weight is 408 g/mol. The number of hydroxylamine groups is 4. The van der Waals surface area contributed by atoms with Gasteiger partial charge in [-0.05, 0) is 0 Å². The quantitative estimate of drug-likeness (QED) is 0.244. The minimum atomic E-state index is -2.62. The van der Waals surface area contributed by atoms with Crippen LogP contribution in [0.15, 0.2) is 0 Å². The summed E-state index contributed by atoms with van der Waals surface area (Å²) in [5.41, 5.74) is 0. The van der Waals surface area contributed by atoms with E-state index in [1.807, 2.05) is 0 Å². The lowest BCUT2D eigenvalue weighted by Crippen LogP contribution is -2.38. The van der Waals surface area contributed by atoms with E-state index < -0.39 is 59.1 Å². The number of carbonyl (C=O) groups excluding carboxylic acids is 6. The summed E-state index contributed by atoms with van der Waals surface area (Å²) in [6.45, 7) is 0. The van der Waals surface area contributed by atoms with Gasteiger partial charge >= 0.3 is 12.3 Å². The average Bonchev–Trinajstić information content (AvgIpc) is 3.04. The van der Waals surface area contributed by atoms with Gasteiger partial charge in [-0.25, -0.2) is 13.8 Å². The highest BCUT2D eigenvalue weighted by atomic mass is 32.2. The van der Waals surface area contributed by atoms with Gasteiger partial charge in [-0.1, -0.05) is 10.1 Å². The van der Waals surface area contributed by atoms with Gasteiger partial charge in [0.2, 0.25) is 0 Å². The molecule has 2 aliphatic heterocycles. The number of amides is 4. The fourth-order valence-corrected chi connectivity index (χ4v) is 2.30. The van der Waals surface area contributed by atoms with Gasteiger partial charge in [0, 0.05) is 25.7 Å². The topological polar surface area (TPSA) is 183 Å². The highest BCUT2D eigenvalue weighted by Gasteiger charge is 2.36. The van der Waals surface area contributed by atoms with Crippen LogP contribution in [0.2, 0.25) is 0 Å². The molecular formula is C12H12N2O12S. The van der Waals surface area contributed by atoms with Crippen LogP contribution in [0.4, 0.5) is 9.59 Å². The van der Waals surface area contributed by atoms with Crippen molar-refractivity contribution in [3.05, 3.63) is 0 Å². The number of nitrogens with zero attached hydrogens (tertiary/aromatic N) is 2. The second-order valence-electron chi connectivity index (χ2n) is 5.00. The molecule has 0 saturated carbocycles. The molecule has 2 aliphatic rings. The molecule has 0 radical (unpaired) electrons. The van der Waals surface area contributed by atoms with Crippen molar-refractivity contribution >= 4 is 47.0 Å². The summed E-state index contributed by atoms with van der Waals surface area (Å²) in [5, 5.41) is 0.268. The van der Waals surface area contributed by atoms with Gasteiger partial charge in [0.05, 0.1) is 0 Å². The monoisotopic (exact) mass is 408 g/mol. The van der Waals surface area contributed by atoms with Crippen LogP contribution in [0.25, 0.3) is 0 Å². The summed E-state index contributed by atoms with van der Waals surface area (Å²) in [5.74, 6) is -4.21. The van der Waals surface area contributed by atoms with Gasteiger partial charge in [-0.2, -0.15) is 0 Å². The molecule has 0 aromatic heterocycles. The molecule has 2 heterocycles. The molecule has 0 spiro atoms. The summed E-state index contributed by atoms with van der Waals surface area (Å²) < 4.78 is 28.6. The first-order valence-corrected chi connectivity index (χ1v) is 8.51. The fourth-order valence-electron chi connectivity index (χ4n) is 1.93. The maximum atomic E-state index is 11.6. The summed E-state index contributed by atoms with van der Waals surface area (Å²) >= 11 is -2.62. The Labute approximate surface area is 152 Å². The third-order valence-electron chi connectivity index (χ3n) is 3.08. The Hall–Kier alpha value is -3.07. The minimum absolute atomic E-state index is 0.134. The van der Waals surface area contributed by atoms with Gasteiger partial charge in [-0.3, -0.25) is 28.9 Å². The van der Waals surface area contributed by atoms with Crippen LogP contribution in [0.5, 0.6) is 0 Å². The van der Waals surface area contributed by atoms with Crippen LogP contribution in [0, 0.1) is 0 Å². The van der Waals surface area contributed by atoms with Crippen molar-refractivity contribution in [2.45, 2.75) is 32.0 Å². The molecule has 1 N–H and O–H groups in total. The van der Waals surface area contributed by atoms with Gasteiger partial charge < -0.3 is 14.0 Å². The summed E-state index contributed by atoms with van der Waals surface area (Å²) in [4.78, 5) is 77.2. The minimum Gasteiger partial charge on any atom is -0.391 e. The van der Waals surface area contributed by atoms with E-state index in [1.54, 1.807) is 0 Å². The second-order valence-corrected chi connectivity index (χ2v) is 5.98. The Bertz CT molecular complexity index is 637. The molecule has 2 fully saturated rings. The molecule has 14 nitrogen and oxygen atoms in total. The third kappa shape index (κ3) is 5.45. The van der Waals surface area contributed by atoms with Crippen molar-refractivity contribution in [1.82, 2.24) is 10.1 Å². The Morgan fingerprint density at radius 3 is 1.48 bits per heavy atom. The summed E-state index contributed by atoms with van der Waals surface area (Å²) in [7, 11) is 0. The second kappa shape index (κ2) is 8.54. The first-order valence-electron chi connectivity index (χ1n) is 7.23. The molecule has 1 unspecified atom stereocenters. The van der Waals surface area contributed by atoms with Crippen molar-refractivity contribution in [1.29, 1.82) is 0 Å². The van der Waals surface area contributed by atoms with Crippen LogP contribution in [-0.2, 0) is 49.4 Å². The fraction of sp³-hybridized carbons (Fsp3) is 0.500. The predicted molar refractivity (Wildman–Crippen MR) is 76.7 cm³/mol. The SMILES string of the molecule is O=C(OC(CS(=O)O)OC(=O)ON1C(=O)CCC1=O)ON1C(=O)CCC1=O. The zero-order valence-corrected chi connectivity index (χ0v) is 14.2.